The van der Waals surface area contributed by atoms with Crippen molar-refractivity contribution in [3.63, 3.8) is 0 Å². The van der Waals surface area contributed by atoms with Crippen molar-refractivity contribution in [2.75, 3.05) is 13.1 Å². The molecule has 1 unspecified atom stereocenters. The Morgan fingerprint density at radius 2 is 2.11 bits per heavy atom. The second-order valence-electron chi connectivity index (χ2n) is 4.70. The fraction of sp³-hybridized carbons (Fsp3) is 0.462. The number of amides is 1. The standard InChI is InChI=1S/C13H16N4OS/c1-10(12(18)16-7-4-5-8-16)19-13-15-14-11-6-2-3-9-17(11)13/h2-3,6,9-10H,4-5,7-8H2,1H3. The van der Waals surface area contributed by atoms with E-state index in [2.05, 4.69) is 10.2 Å². The van der Waals surface area contributed by atoms with Crippen molar-refractivity contribution in [2.45, 2.75) is 30.2 Å². The van der Waals surface area contributed by atoms with Gasteiger partial charge in [0.1, 0.15) is 0 Å². The van der Waals surface area contributed by atoms with Crippen LogP contribution >= 0.6 is 11.8 Å². The molecule has 0 N–H and O–H groups in total. The Balaban J connectivity index is 1.75. The molecule has 1 aliphatic heterocycles. The molecule has 0 spiro atoms. The second kappa shape index (κ2) is 5.21. The molecule has 1 atom stereocenters. The smallest absolute Gasteiger partial charge is 0.235 e. The number of rotatable bonds is 3. The summed E-state index contributed by atoms with van der Waals surface area (Å²) in [5.41, 5.74) is 0.811. The molecule has 1 saturated heterocycles. The molecule has 0 aliphatic carbocycles. The van der Waals surface area contributed by atoms with E-state index in [4.69, 9.17) is 0 Å². The van der Waals surface area contributed by atoms with Crippen LogP contribution in [0.3, 0.4) is 0 Å². The maximum absolute atomic E-state index is 12.3. The summed E-state index contributed by atoms with van der Waals surface area (Å²) in [4.78, 5) is 14.2. The number of nitrogens with zero attached hydrogens (tertiary/aromatic N) is 4. The number of pyridine rings is 1. The van der Waals surface area contributed by atoms with Crippen molar-refractivity contribution in [1.29, 1.82) is 0 Å². The molecule has 1 fully saturated rings. The van der Waals surface area contributed by atoms with Crippen molar-refractivity contribution in [3.8, 4) is 0 Å². The van der Waals surface area contributed by atoms with Gasteiger partial charge < -0.3 is 4.90 Å². The van der Waals surface area contributed by atoms with Gasteiger partial charge in [-0.15, -0.1) is 10.2 Å². The second-order valence-corrected chi connectivity index (χ2v) is 6.01. The van der Waals surface area contributed by atoms with Crippen molar-refractivity contribution >= 4 is 23.3 Å². The van der Waals surface area contributed by atoms with E-state index in [0.717, 1.165) is 36.7 Å². The molecule has 1 aliphatic rings. The molecular formula is C13H16N4OS. The first-order chi connectivity index (χ1) is 9.25. The van der Waals surface area contributed by atoms with Crippen LogP contribution in [0.15, 0.2) is 29.6 Å². The van der Waals surface area contributed by atoms with Crippen molar-refractivity contribution in [1.82, 2.24) is 19.5 Å². The maximum atomic E-state index is 12.3. The molecule has 0 bridgehead atoms. The lowest BCUT2D eigenvalue weighted by Gasteiger charge is -2.19. The Morgan fingerprint density at radius 3 is 2.89 bits per heavy atom. The van der Waals surface area contributed by atoms with Crippen LogP contribution in [-0.2, 0) is 4.79 Å². The van der Waals surface area contributed by atoms with Gasteiger partial charge in [-0.2, -0.15) is 0 Å². The third-order valence-corrected chi connectivity index (χ3v) is 4.37. The van der Waals surface area contributed by atoms with E-state index in [9.17, 15) is 4.79 Å². The molecule has 1 amide bonds. The molecule has 5 nitrogen and oxygen atoms in total. The number of aromatic nitrogens is 3. The van der Waals surface area contributed by atoms with Gasteiger partial charge in [0.2, 0.25) is 5.91 Å². The molecule has 2 aromatic heterocycles. The van der Waals surface area contributed by atoms with E-state index in [1.807, 2.05) is 40.6 Å². The minimum atomic E-state index is -0.120. The molecule has 0 radical (unpaired) electrons. The largest absolute Gasteiger partial charge is 0.342 e. The first-order valence-electron chi connectivity index (χ1n) is 6.51. The van der Waals surface area contributed by atoms with Gasteiger partial charge in [-0.1, -0.05) is 17.8 Å². The number of likely N-dealkylation sites (tertiary alicyclic amines) is 1. The predicted octanol–water partition coefficient (Wildman–Crippen LogP) is 1.83. The topological polar surface area (TPSA) is 50.5 Å². The fourth-order valence-corrected chi connectivity index (χ4v) is 3.23. The van der Waals surface area contributed by atoms with Crippen molar-refractivity contribution in [3.05, 3.63) is 24.4 Å². The van der Waals surface area contributed by atoms with Crippen LogP contribution in [0.5, 0.6) is 0 Å². The molecule has 6 heteroatoms. The Labute approximate surface area is 116 Å². The highest BCUT2D eigenvalue weighted by molar-refractivity contribution is 8.00. The van der Waals surface area contributed by atoms with Crippen LogP contribution in [-0.4, -0.2) is 43.7 Å². The lowest BCUT2D eigenvalue weighted by atomic mass is 10.4. The van der Waals surface area contributed by atoms with Gasteiger partial charge in [0.25, 0.3) is 0 Å². The highest BCUT2D eigenvalue weighted by Gasteiger charge is 2.25. The number of fused-ring (bicyclic) bond motifs is 1. The lowest BCUT2D eigenvalue weighted by Crippen LogP contribution is -2.34. The molecule has 19 heavy (non-hydrogen) atoms. The van der Waals surface area contributed by atoms with Gasteiger partial charge in [0.15, 0.2) is 10.8 Å². The lowest BCUT2D eigenvalue weighted by molar-refractivity contribution is -0.129. The third kappa shape index (κ3) is 2.45. The number of hydrogen-bond acceptors (Lipinski definition) is 4. The Kier molecular flexibility index (Phi) is 3.42. The number of carbonyl (C=O) groups is 1. The van der Waals surface area contributed by atoms with Gasteiger partial charge in [-0.25, -0.2) is 0 Å². The minimum absolute atomic E-state index is 0.120. The zero-order chi connectivity index (χ0) is 13.2. The molecule has 3 rings (SSSR count). The summed E-state index contributed by atoms with van der Waals surface area (Å²) >= 11 is 1.47. The van der Waals surface area contributed by atoms with Crippen LogP contribution in [0.1, 0.15) is 19.8 Å². The van der Waals surface area contributed by atoms with Crippen molar-refractivity contribution < 1.29 is 4.79 Å². The Morgan fingerprint density at radius 1 is 1.32 bits per heavy atom. The summed E-state index contributed by atoms with van der Waals surface area (Å²) in [5, 5.41) is 8.90. The van der Waals surface area contributed by atoms with E-state index in [0.29, 0.717) is 0 Å². The SMILES string of the molecule is CC(Sc1nnc2ccccn12)C(=O)N1CCCC1. The van der Waals surface area contributed by atoms with Crippen LogP contribution in [0.4, 0.5) is 0 Å². The monoisotopic (exact) mass is 276 g/mol. The van der Waals surface area contributed by atoms with Gasteiger partial charge in [0.05, 0.1) is 5.25 Å². The fourth-order valence-electron chi connectivity index (χ4n) is 2.30. The maximum Gasteiger partial charge on any atom is 0.235 e. The highest BCUT2D eigenvalue weighted by atomic mass is 32.2. The molecule has 0 aromatic carbocycles. The third-order valence-electron chi connectivity index (χ3n) is 3.33. The Bertz CT molecular complexity index is 591. The zero-order valence-electron chi connectivity index (χ0n) is 10.8. The van der Waals surface area contributed by atoms with Crippen LogP contribution in [0, 0.1) is 0 Å². The van der Waals surface area contributed by atoms with Gasteiger partial charge in [-0.3, -0.25) is 9.20 Å². The van der Waals surface area contributed by atoms with Crippen LogP contribution in [0.2, 0.25) is 0 Å². The summed E-state index contributed by atoms with van der Waals surface area (Å²) in [6.07, 6.45) is 4.17. The average Bonchev–Trinajstić information content (AvgIpc) is 3.08. The van der Waals surface area contributed by atoms with E-state index in [-0.39, 0.29) is 11.2 Å². The van der Waals surface area contributed by atoms with Crippen LogP contribution in [0.25, 0.3) is 5.65 Å². The zero-order valence-corrected chi connectivity index (χ0v) is 11.6. The van der Waals surface area contributed by atoms with Crippen molar-refractivity contribution in [2.24, 2.45) is 0 Å². The first kappa shape index (κ1) is 12.5. The molecule has 3 heterocycles. The summed E-state index contributed by atoms with van der Waals surface area (Å²) < 4.78 is 1.92. The summed E-state index contributed by atoms with van der Waals surface area (Å²) in [6.45, 7) is 3.73. The average molecular weight is 276 g/mol. The predicted molar refractivity (Wildman–Crippen MR) is 74.1 cm³/mol. The highest BCUT2D eigenvalue weighted by Crippen LogP contribution is 2.24. The van der Waals surface area contributed by atoms with Crippen LogP contribution < -0.4 is 0 Å². The van der Waals surface area contributed by atoms with E-state index in [1.54, 1.807) is 0 Å². The first-order valence-corrected chi connectivity index (χ1v) is 7.39. The molecule has 100 valence electrons. The van der Waals surface area contributed by atoms with E-state index < -0.39 is 0 Å². The van der Waals surface area contributed by atoms with E-state index >= 15 is 0 Å². The van der Waals surface area contributed by atoms with Gasteiger partial charge in [0, 0.05) is 19.3 Å². The quantitative estimate of drug-likeness (QED) is 0.803. The summed E-state index contributed by atoms with van der Waals surface area (Å²) in [7, 11) is 0. The Hall–Kier alpha value is -1.56. The van der Waals surface area contributed by atoms with E-state index in [1.165, 1.54) is 11.8 Å². The summed E-state index contributed by atoms with van der Waals surface area (Å²) in [6, 6.07) is 5.77. The van der Waals surface area contributed by atoms with Gasteiger partial charge in [-0.05, 0) is 31.9 Å². The molecule has 2 aromatic rings. The molecule has 0 saturated carbocycles. The minimum Gasteiger partial charge on any atom is -0.342 e. The normalized spacial score (nSPS) is 17.0. The number of hydrogen-bond donors (Lipinski definition) is 0. The number of carbonyl (C=O) groups excluding carboxylic acids is 1. The molecular weight excluding hydrogens is 260 g/mol. The number of thioether (sulfide) groups is 1. The summed E-state index contributed by atoms with van der Waals surface area (Å²) in [5.74, 6) is 0.204. The van der Waals surface area contributed by atoms with Gasteiger partial charge >= 0.3 is 0 Å².